The summed E-state index contributed by atoms with van der Waals surface area (Å²) >= 11 is 0. The lowest BCUT2D eigenvalue weighted by Crippen LogP contribution is -2.31. The molecule has 1 unspecified atom stereocenters. The van der Waals surface area contributed by atoms with Crippen LogP contribution in [0.1, 0.15) is 24.8 Å². The van der Waals surface area contributed by atoms with Crippen LogP contribution in [0.3, 0.4) is 0 Å². The summed E-state index contributed by atoms with van der Waals surface area (Å²) in [5.41, 5.74) is 6.16. The van der Waals surface area contributed by atoms with E-state index < -0.39 is 6.10 Å². The highest BCUT2D eigenvalue weighted by molar-refractivity contribution is 5.99. The summed E-state index contributed by atoms with van der Waals surface area (Å²) < 4.78 is 10.8. The Labute approximate surface area is 128 Å². The van der Waals surface area contributed by atoms with E-state index in [1.54, 1.807) is 18.2 Å². The number of nitrogens with two attached hydrogens (primary N) is 1. The molecule has 1 aliphatic heterocycles. The Morgan fingerprint density at radius 1 is 1.18 bits per heavy atom. The summed E-state index contributed by atoms with van der Waals surface area (Å²) in [5, 5.41) is 9.33. The van der Waals surface area contributed by atoms with E-state index in [4.69, 9.17) is 20.6 Å². The summed E-state index contributed by atoms with van der Waals surface area (Å²) in [6.45, 7) is 0.616. The van der Waals surface area contributed by atoms with E-state index in [1.165, 1.54) is 0 Å². The van der Waals surface area contributed by atoms with Crippen LogP contribution in [0, 0.1) is 5.41 Å². The predicted octanol–water partition coefficient (Wildman–Crippen LogP) is 2.60. The fourth-order valence-electron chi connectivity index (χ4n) is 2.56. The number of carbonyl (C=O) groups is 1. The van der Waals surface area contributed by atoms with Crippen molar-refractivity contribution in [2.24, 2.45) is 5.73 Å². The lowest BCUT2D eigenvalue weighted by molar-refractivity contribution is -0.150. The molecule has 0 spiro atoms. The van der Waals surface area contributed by atoms with Crippen molar-refractivity contribution in [3.63, 3.8) is 0 Å². The van der Waals surface area contributed by atoms with Crippen LogP contribution in [-0.2, 0) is 9.53 Å². The number of fused-ring (bicyclic) bond motifs is 1. The van der Waals surface area contributed by atoms with E-state index in [2.05, 4.69) is 0 Å². The molecular weight excluding hydrogens is 280 g/mol. The summed E-state index contributed by atoms with van der Waals surface area (Å²) in [6.07, 6.45) is 2.25. The van der Waals surface area contributed by atoms with Crippen LogP contribution in [-0.4, -0.2) is 24.5 Å². The SMILES string of the molecule is N=C(N)c1ccc2cc(OC(=O)C3CCCCO3)ccc2c1. The minimum atomic E-state index is -0.454. The molecule has 0 amide bonds. The maximum atomic E-state index is 12.1. The second-order valence-corrected chi connectivity index (χ2v) is 5.41. The molecule has 0 radical (unpaired) electrons. The molecule has 1 saturated heterocycles. The fraction of sp³-hybridized carbons (Fsp3) is 0.294. The van der Waals surface area contributed by atoms with E-state index in [9.17, 15) is 4.79 Å². The molecule has 3 rings (SSSR count). The fourth-order valence-corrected chi connectivity index (χ4v) is 2.56. The van der Waals surface area contributed by atoms with Crippen molar-refractivity contribution in [2.75, 3.05) is 6.61 Å². The average Bonchev–Trinajstić information content (AvgIpc) is 2.55. The molecule has 22 heavy (non-hydrogen) atoms. The first kappa shape index (κ1) is 14.5. The lowest BCUT2D eigenvalue weighted by Gasteiger charge is -2.20. The monoisotopic (exact) mass is 298 g/mol. The zero-order valence-electron chi connectivity index (χ0n) is 12.2. The molecular formula is C17H18N2O3. The van der Waals surface area contributed by atoms with E-state index >= 15 is 0 Å². The Morgan fingerprint density at radius 3 is 2.68 bits per heavy atom. The maximum absolute atomic E-state index is 12.1. The minimum absolute atomic E-state index is 0.0341. The molecule has 5 heteroatoms. The molecule has 0 bridgehead atoms. The maximum Gasteiger partial charge on any atom is 0.340 e. The smallest absolute Gasteiger partial charge is 0.340 e. The van der Waals surface area contributed by atoms with Gasteiger partial charge in [0.15, 0.2) is 6.10 Å². The Hall–Kier alpha value is -2.40. The number of ether oxygens (including phenoxy) is 2. The van der Waals surface area contributed by atoms with E-state index in [0.29, 0.717) is 24.3 Å². The Bertz CT molecular complexity index is 721. The number of carbonyl (C=O) groups excluding carboxylic acids is 1. The summed E-state index contributed by atoms with van der Waals surface area (Å²) in [4.78, 5) is 12.1. The number of benzene rings is 2. The highest BCUT2D eigenvalue weighted by Crippen LogP contribution is 2.23. The lowest BCUT2D eigenvalue weighted by atomic mass is 10.1. The molecule has 2 aromatic rings. The van der Waals surface area contributed by atoms with Crippen molar-refractivity contribution < 1.29 is 14.3 Å². The second-order valence-electron chi connectivity index (χ2n) is 5.41. The van der Waals surface area contributed by atoms with Crippen molar-refractivity contribution in [3.8, 4) is 5.75 Å². The summed E-state index contributed by atoms with van der Waals surface area (Å²) in [7, 11) is 0. The van der Waals surface area contributed by atoms with Gasteiger partial charge in [-0.15, -0.1) is 0 Å². The number of hydrogen-bond acceptors (Lipinski definition) is 4. The van der Waals surface area contributed by atoms with Gasteiger partial charge in [0.1, 0.15) is 11.6 Å². The van der Waals surface area contributed by atoms with E-state index in [1.807, 2.05) is 18.2 Å². The van der Waals surface area contributed by atoms with Gasteiger partial charge in [0, 0.05) is 12.2 Å². The molecule has 1 atom stereocenters. The van der Waals surface area contributed by atoms with Gasteiger partial charge in [-0.2, -0.15) is 0 Å². The Morgan fingerprint density at radius 2 is 1.95 bits per heavy atom. The molecule has 2 aromatic carbocycles. The predicted molar refractivity (Wildman–Crippen MR) is 84.2 cm³/mol. The van der Waals surface area contributed by atoms with Crippen LogP contribution in [0.15, 0.2) is 36.4 Å². The highest BCUT2D eigenvalue weighted by atomic mass is 16.6. The van der Waals surface area contributed by atoms with Gasteiger partial charge in [-0.1, -0.05) is 18.2 Å². The van der Waals surface area contributed by atoms with Crippen LogP contribution >= 0.6 is 0 Å². The number of hydrogen-bond donors (Lipinski definition) is 2. The van der Waals surface area contributed by atoms with Crippen molar-refractivity contribution >= 4 is 22.6 Å². The van der Waals surface area contributed by atoms with E-state index in [-0.39, 0.29) is 11.8 Å². The van der Waals surface area contributed by atoms with Crippen molar-refractivity contribution in [1.29, 1.82) is 5.41 Å². The number of rotatable bonds is 3. The first-order chi connectivity index (χ1) is 10.6. The zero-order chi connectivity index (χ0) is 15.5. The summed E-state index contributed by atoms with van der Waals surface area (Å²) in [6, 6.07) is 10.9. The van der Waals surface area contributed by atoms with Gasteiger partial charge < -0.3 is 15.2 Å². The molecule has 5 nitrogen and oxygen atoms in total. The number of esters is 1. The van der Waals surface area contributed by atoms with E-state index in [0.717, 1.165) is 23.6 Å². The van der Waals surface area contributed by atoms with Crippen molar-refractivity contribution in [2.45, 2.75) is 25.4 Å². The van der Waals surface area contributed by atoms with Crippen molar-refractivity contribution in [3.05, 3.63) is 42.0 Å². The van der Waals surface area contributed by atoms with Crippen LogP contribution in [0.5, 0.6) is 5.75 Å². The van der Waals surface area contributed by atoms with Crippen molar-refractivity contribution in [1.82, 2.24) is 0 Å². The second kappa shape index (κ2) is 6.15. The summed E-state index contributed by atoms with van der Waals surface area (Å²) in [5.74, 6) is 0.202. The molecule has 1 aliphatic rings. The van der Waals surface area contributed by atoms with Gasteiger partial charge in [0.2, 0.25) is 0 Å². The number of nitrogens with one attached hydrogen (secondary N) is 1. The van der Waals surface area contributed by atoms with Crippen LogP contribution in [0.25, 0.3) is 10.8 Å². The van der Waals surface area contributed by atoms with Gasteiger partial charge >= 0.3 is 5.97 Å². The van der Waals surface area contributed by atoms with Gasteiger partial charge in [0.05, 0.1) is 0 Å². The standard InChI is InChI=1S/C17H18N2O3/c18-16(19)13-5-4-12-10-14(7-6-11(12)9-13)22-17(20)15-3-1-2-8-21-15/h4-7,9-10,15H,1-3,8H2,(H3,18,19). The highest BCUT2D eigenvalue weighted by Gasteiger charge is 2.23. The Balaban J connectivity index is 1.78. The molecule has 1 heterocycles. The number of nitrogen functional groups attached to an aromatic ring is 1. The molecule has 0 aromatic heterocycles. The van der Waals surface area contributed by atoms with Gasteiger partial charge in [-0.25, -0.2) is 4.79 Å². The quantitative estimate of drug-likeness (QED) is 0.395. The first-order valence-corrected chi connectivity index (χ1v) is 7.35. The normalized spacial score (nSPS) is 18.1. The molecule has 114 valence electrons. The largest absolute Gasteiger partial charge is 0.425 e. The van der Waals surface area contributed by atoms with Crippen LogP contribution in [0.4, 0.5) is 0 Å². The molecule has 3 N–H and O–H groups in total. The van der Waals surface area contributed by atoms with Crippen LogP contribution in [0.2, 0.25) is 0 Å². The third-order valence-electron chi connectivity index (χ3n) is 3.78. The Kier molecular flexibility index (Phi) is 4.06. The molecule has 0 aliphatic carbocycles. The zero-order valence-corrected chi connectivity index (χ0v) is 12.2. The van der Waals surface area contributed by atoms with Gasteiger partial charge in [-0.3, -0.25) is 5.41 Å². The average molecular weight is 298 g/mol. The van der Waals surface area contributed by atoms with Gasteiger partial charge in [-0.05, 0) is 48.2 Å². The van der Waals surface area contributed by atoms with Crippen LogP contribution < -0.4 is 10.5 Å². The molecule has 1 fully saturated rings. The first-order valence-electron chi connectivity index (χ1n) is 7.35. The third kappa shape index (κ3) is 3.09. The molecule has 0 saturated carbocycles. The topological polar surface area (TPSA) is 85.4 Å². The van der Waals surface area contributed by atoms with Gasteiger partial charge in [0.25, 0.3) is 0 Å². The number of amidine groups is 1. The minimum Gasteiger partial charge on any atom is -0.425 e. The third-order valence-corrected chi connectivity index (χ3v) is 3.78.